The lowest BCUT2D eigenvalue weighted by molar-refractivity contribution is 0.0982. The first-order valence-electron chi connectivity index (χ1n) is 6.60. The quantitative estimate of drug-likeness (QED) is 0.449. The molecule has 0 aliphatic rings. The molecule has 1 rings (SSSR count). The summed E-state index contributed by atoms with van der Waals surface area (Å²) in [4.78, 5) is 11.9. The molecule has 0 saturated carbocycles. The smallest absolute Gasteiger partial charge is 0.162 e. The number of hydrogen-bond donors (Lipinski definition) is 0. The Labute approximate surface area is 123 Å². The highest BCUT2D eigenvalue weighted by Gasteiger charge is 2.04. The zero-order valence-corrected chi connectivity index (χ0v) is 13.4. The van der Waals surface area contributed by atoms with E-state index in [0.29, 0.717) is 6.42 Å². The molecule has 1 aromatic rings. The predicted molar refractivity (Wildman–Crippen MR) is 84.6 cm³/mol. The van der Waals surface area contributed by atoms with Crippen LogP contribution in [-0.4, -0.2) is 17.3 Å². The molecule has 3 heteroatoms. The molecule has 0 saturated heterocycles. The molecule has 0 aliphatic carbocycles. The summed E-state index contributed by atoms with van der Waals surface area (Å²) in [5.41, 5.74) is 0.828. The Morgan fingerprint density at radius 1 is 1.11 bits per heavy atom. The maximum absolute atomic E-state index is 11.9. The van der Waals surface area contributed by atoms with Crippen LogP contribution in [-0.2, 0) is 0 Å². The lowest BCUT2D eigenvalue weighted by Gasteiger charge is -2.02. The van der Waals surface area contributed by atoms with Crippen molar-refractivity contribution in [2.24, 2.45) is 0 Å². The van der Waals surface area contributed by atoms with Crippen molar-refractivity contribution in [1.29, 1.82) is 0 Å². The minimum Gasteiger partial charge on any atom is -0.294 e. The third-order valence-electron chi connectivity index (χ3n) is 2.75. The Morgan fingerprint density at radius 2 is 1.78 bits per heavy atom. The average molecular weight is 329 g/mol. The van der Waals surface area contributed by atoms with E-state index in [1.807, 2.05) is 36.0 Å². The van der Waals surface area contributed by atoms with Crippen LogP contribution in [0.25, 0.3) is 0 Å². The number of unbranched alkanes of at least 4 members (excludes halogenated alkanes) is 2. The molecule has 1 aromatic carbocycles. The average Bonchev–Trinajstić information content (AvgIpc) is 2.38. The van der Waals surface area contributed by atoms with E-state index in [0.717, 1.165) is 22.2 Å². The Balaban J connectivity index is 2.12. The van der Waals surface area contributed by atoms with Gasteiger partial charge in [0.25, 0.3) is 0 Å². The Kier molecular flexibility index (Phi) is 8.44. The fourth-order valence-corrected chi connectivity index (χ4v) is 2.90. The van der Waals surface area contributed by atoms with Crippen LogP contribution in [0.2, 0.25) is 0 Å². The summed E-state index contributed by atoms with van der Waals surface area (Å²) < 4.78 is 1.02. The molecule has 0 heterocycles. The van der Waals surface area contributed by atoms with E-state index >= 15 is 0 Å². The molecule has 0 bridgehead atoms. The number of thioether (sulfide) groups is 1. The van der Waals surface area contributed by atoms with E-state index in [1.165, 1.54) is 25.0 Å². The zero-order chi connectivity index (χ0) is 13.2. The minimum atomic E-state index is 0.261. The molecule has 0 spiro atoms. The standard InChI is InChI=1S/C15H21BrOS/c1-2-3-4-11-18-12-5-6-15(17)13-7-9-14(16)10-8-13/h7-10H,2-6,11-12H2,1H3. The van der Waals surface area contributed by atoms with Gasteiger partial charge in [0.05, 0.1) is 0 Å². The summed E-state index contributed by atoms with van der Waals surface area (Å²) in [6, 6.07) is 7.63. The molecule has 0 N–H and O–H groups in total. The van der Waals surface area contributed by atoms with Crippen molar-refractivity contribution in [2.75, 3.05) is 11.5 Å². The molecule has 0 amide bonds. The van der Waals surface area contributed by atoms with Crippen LogP contribution in [0.4, 0.5) is 0 Å². The van der Waals surface area contributed by atoms with Crippen molar-refractivity contribution in [1.82, 2.24) is 0 Å². The number of ketones is 1. The lowest BCUT2D eigenvalue weighted by atomic mass is 10.1. The second-order valence-electron chi connectivity index (χ2n) is 4.35. The maximum atomic E-state index is 11.9. The fraction of sp³-hybridized carbons (Fsp3) is 0.533. The fourth-order valence-electron chi connectivity index (χ4n) is 1.67. The van der Waals surface area contributed by atoms with Gasteiger partial charge in [-0.15, -0.1) is 0 Å². The summed E-state index contributed by atoms with van der Waals surface area (Å²) in [5, 5.41) is 0. The summed E-state index contributed by atoms with van der Waals surface area (Å²) in [6.45, 7) is 2.22. The second kappa shape index (κ2) is 9.62. The van der Waals surface area contributed by atoms with E-state index in [1.54, 1.807) is 0 Å². The number of carbonyl (C=O) groups is 1. The van der Waals surface area contributed by atoms with Gasteiger partial charge in [-0.2, -0.15) is 11.8 Å². The number of benzene rings is 1. The Hall–Kier alpha value is -0.280. The third-order valence-corrected chi connectivity index (χ3v) is 4.43. The molecule has 0 unspecified atom stereocenters. The Morgan fingerprint density at radius 3 is 2.44 bits per heavy atom. The van der Waals surface area contributed by atoms with Gasteiger partial charge in [0.15, 0.2) is 5.78 Å². The highest BCUT2D eigenvalue weighted by Crippen LogP contribution is 2.14. The molecule has 0 fully saturated rings. The van der Waals surface area contributed by atoms with Gasteiger partial charge in [-0.3, -0.25) is 4.79 Å². The van der Waals surface area contributed by atoms with E-state index in [-0.39, 0.29) is 5.78 Å². The number of Topliss-reactive ketones (excluding diaryl/α,β-unsaturated/α-hetero) is 1. The number of hydrogen-bond acceptors (Lipinski definition) is 2. The van der Waals surface area contributed by atoms with Gasteiger partial charge in [0.2, 0.25) is 0 Å². The number of carbonyl (C=O) groups excluding carboxylic acids is 1. The molecule has 0 radical (unpaired) electrons. The molecular formula is C15H21BrOS. The van der Waals surface area contributed by atoms with Crippen molar-refractivity contribution >= 4 is 33.5 Å². The van der Waals surface area contributed by atoms with Crippen LogP contribution in [0.15, 0.2) is 28.7 Å². The van der Waals surface area contributed by atoms with E-state index < -0.39 is 0 Å². The number of halogens is 1. The molecule has 18 heavy (non-hydrogen) atoms. The third kappa shape index (κ3) is 6.60. The monoisotopic (exact) mass is 328 g/mol. The first-order valence-corrected chi connectivity index (χ1v) is 8.55. The van der Waals surface area contributed by atoms with Gasteiger partial charge in [-0.25, -0.2) is 0 Å². The van der Waals surface area contributed by atoms with Gasteiger partial charge in [-0.1, -0.05) is 47.8 Å². The van der Waals surface area contributed by atoms with Crippen LogP contribution in [0.5, 0.6) is 0 Å². The molecular weight excluding hydrogens is 308 g/mol. The van der Waals surface area contributed by atoms with Crippen LogP contribution in [0.3, 0.4) is 0 Å². The van der Waals surface area contributed by atoms with Crippen molar-refractivity contribution in [2.45, 2.75) is 39.0 Å². The highest BCUT2D eigenvalue weighted by atomic mass is 79.9. The van der Waals surface area contributed by atoms with Crippen molar-refractivity contribution in [3.05, 3.63) is 34.3 Å². The van der Waals surface area contributed by atoms with Crippen LogP contribution in [0, 0.1) is 0 Å². The van der Waals surface area contributed by atoms with Crippen LogP contribution < -0.4 is 0 Å². The van der Waals surface area contributed by atoms with Crippen LogP contribution >= 0.6 is 27.7 Å². The van der Waals surface area contributed by atoms with Gasteiger partial charge in [-0.05, 0) is 36.5 Å². The first kappa shape index (κ1) is 15.8. The molecule has 0 aliphatic heterocycles. The van der Waals surface area contributed by atoms with E-state index in [9.17, 15) is 4.79 Å². The zero-order valence-electron chi connectivity index (χ0n) is 11.0. The SMILES string of the molecule is CCCCCSCCCC(=O)c1ccc(Br)cc1. The molecule has 1 nitrogen and oxygen atoms in total. The summed E-state index contributed by atoms with van der Waals surface area (Å²) in [7, 11) is 0. The topological polar surface area (TPSA) is 17.1 Å². The summed E-state index contributed by atoms with van der Waals surface area (Å²) in [6.07, 6.45) is 5.57. The largest absolute Gasteiger partial charge is 0.294 e. The molecule has 0 atom stereocenters. The molecule has 100 valence electrons. The van der Waals surface area contributed by atoms with E-state index in [4.69, 9.17) is 0 Å². The number of rotatable bonds is 9. The minimum absolute atomic E-state index is 0.261. The predicted octanol–water partition coefficient (Wildman–Crippen LogP) is 5.34. The lowest BCUT2D eigenvalue weighted by Crippen LogP contribution is -1.99. The molecule has 0 aromatic heterocycles. The summed E-state index contributed by atoms with van der Waals surface area (Å²) in [5.74, 6) is 2.60. The summed E-state index contributed by atoms with van der Waals surface area (Å²) >= 11 is 5.35. The van der Waals surface area contributed by atoms with Gasteiger partial charge < -0.3 is 0 Å². The Bertz CT molecular complexity index is 348. The maximum Gasteiger partial charge on any atom is 0.162 e. The van der Waals surface area contributed by atoms with Crippen molar-refractivity contribution < 1.29 is 4.79 Å². The second-order valence-corrected chi connectivity index (χ2v) is 6.49. The van der Waals surface area contributed by atoms with Crippen LogP contribution in [0.1, 0.15) is 49.4 Å². The van der Waals surface area contributed by atoms with Crippen molar-refractivity contribution in [3.8, 4) is 0 Å². The highest BCUT2D eigenvalue weighted by molar-refractivity contribution is 9.10. The normalized spacial score (nSPS) is 10.6. The van der Waals surface area contributed by atoms with E-state index in [2.05, 4.69) is 22.9 Å². The van der Waals surface area contributed by atoms with Gasteiger partial charge >= 0.3 is 0 Å². The van der Waals surface area contributed by atoms with Crippen molar-refractivity contribution in [3.63, 3.8) is 0 Å². The van der Waals surface area contributed by atoms with Gasteiger partial charge in [0, 0.05) is 16.5 Å². The first-order chi connectivity index (χ1) is 8.74. The van der Waals surface area contributed by atoms with Gasteiger partial charge in [0.1, 0.15) is 0 Å².